The molecule has 4 aromatic carbocycles. The largest absolute Gasteiger partial charge is 0.494 e. The highest BCUT2D eigenvalue weighted by molar-refractivity contribution is 7.86. The van der Waals surface area contributed by atoms with Gasteiger partial charge in [0.1, 0.15) is 22.9 Å². The van der Waals surface area contributed by atoms with Crippen LogP contribution in [-0.4, -0.2) is 141 Å². The van der Waals surface area contributed by atoms with Crippen LogP contribution in [0.5, 0.6) is 11.5 Å². The number of benzene rings is 4. The van der Waals surface area contributed by atoms with E-state index in [2.05, 4.69) is 77.8 Å². The number of hydrogen-bond donors (Lipinski definition) is 3. The molecule has 82 heavy (non-hydrogen) atoms. The lowest BCUT2D eigenvalue weighted by Gasteiger charge is -2.22. The quantitative estimate of drug-likeness (QED) is 0.0386. The zero-order valence-electron chi connectivity index (χ0n) is 53.7. The highest BCUT2D eigenvalue weighted by atomic mass is 35.5. The van der Waals surface area contributed by atoms with Gasteiger partial charge in [-0.1, -0.05) is 51.3 Å². The number of anilines is 6. The lowest BCUT2D eigenvalue weighted by Crippen LogP contribution is -2.28. The smallest absolute Gasteiger partial charge is 0.294 e. The molecule has 0 unspecified atom stereocenters. The Morgan fingerprint density at radius 2 is 1.16 bits per heavy atom. The van der Waals surface area contributed by atoms with Gasteiger partial charge in [0.2, 0.25) is 11.9 Å². The molecule has 0 amide bonds. The summed E-state index contributed by atoms with van der Waals surface area (Å²) >= 11 is 0. The fraction of sp³-hybridized carbons (Fsp3) is 0.368. The standard InChI is InChI=1S/C27H31N7O3.C26H28N6O6S.C2H7N.2CH4.ClH/c1-31(2)13-14-32(3)23-16-25(37-4)22(15-24(23)34(35)36)30-27-28-11-10-21(29-27)20-17-33-12-6-8-18-7-5-9-19(20)26(18)33;1-30(12-13-38-39(3,35)36)22-15-24(37-2)21(14-23(22)32(33)34)29-26-27-10-9-20(28-26)19-16-31-11-5-7-17-6-4-8-18(19)25(17)31;1-3-2;;;/h5,7,9-11,15-17H,6,8,12-14H2,1-4H3,(H,28,29,30);4,6,8-10,14-16H,5,7,11-13H2,1-3H3,(H,27,28,29);3H,1-2H3;2*1H4;1H/i1D3,2D3;;1D3;;;. The predicted octanol–water partition coefficient (Wildman–Crippen LogP) is 10.3. The first-order valence-electron chi connectivity index (χ1n) is 29.4. The Morgan fingerprint density at radius 1 is 0.707 bits per heavy atom. The van der Waals surface area contributed by atoms with Crippen molar-refractivity contribution >= 4 is 90.4 Å². The van der Waals surface area contributed by atoms with Crippen molar-refractivity contribution < 1.29 is 44.3 Å². The second kappa shape index (κ2) is 28.5. The molecule has 0 fully saturated rings. The van der Waals surface area contributed by atoms with Gasteiger partial charge in [-0.2, -0.15) is 8.42 Å². The van der Waals surface area contributed by atoms with Crippen LogP contribution >= 0.6 is 12.4 Å². The lowest BCUT2D eigenvalue weighted by atomic mass is 10.0. The monoisotopic (exact) mass is 1180 g/mol. The van der Waals surface area contributed by atoms with Crippen molar-refractivity contribution in [2.24, 2.45) is 0 Å². The van der Waals surface area contributed by atoms with E-state index in [0.29, 0.717) is 22.0 Å². The molecular formula is C57H75ClN14O9S. The Labute approximate surface area is 498 Å². The Balaban J connectivity index is 0.000000295. The zero-order valence-corrected chi connectivity index (χ0v) is 46.4. The van der Waals surface area contributed by atoms with Gasteiger partial charge in [0, 0.05) is 130 Å². The summed E-state index contributed by atoms with van der Waals surface area (Å²) in [5, 5.41) is 34.5. The third kappa shape index (κ3) is 14.8. The van der Waals surface area contributed by atoms with Crippen molar-refractivity contribution in [3.63, 3.8) is 0 Å². The summed E-state index contributed by atoms with van der Waals surface area (Å²) in [4.78, 5) is 44.4. The molecule has 4 aromatic heterocycles. The summed E-state index contributed by atoms with van der Waals surface area (Å²) < 4.78 is 107. The van der Waals surface area contributed by atoms with Crippen molar-refractivity contribution in [1.82, 2.24) is 39.3 Å². The number of rotatable bonds is 19. The van der Waals surface area contributed by atoms with E-state index < -0.39 is 40.9 Å². The van der Waals surface area contributed by atoms with Crippen LogP contribution < -0.4 is 35.2 Å². The average Bonchev–Trinajstić information content (AvgIpc) is 1.66. The number of aryl methyl sites for hydroxylation is 4. The van der Waals surface area contributed by atoms with Crippen LogP contribution in [0.15, 0.2) is 97.6 Å². The van der Waals surface area contributed by atoms with Crippen molar-refractivity contribution in [2.75, 3.05) is 109 Å². The Kier molecular flexibility index (Phi) is 18.1. The number of methoxy groups -OCH3 is 2. The Bertz CT molecular complexity index is 3970. The molecule has 8 aromatic rings. The van der Waals surface area contributed by atoms with Crippen LogP contribution in [-0.2, 0) is 40.2 Å². The second-order valence-corrected chi connectivity index (χ2v) is 20.1. The molecule has 3 N–H and O–H groups in total. The molecule has 0 aliphatic carbocycles. The minimum Gasteiger partial charge on any atom is -0.494 e. The molecule has 10 rings (SSSR count). The number of hydrogen-bond acceptors (Lipinski definition) is 19. The number of likely N-dealkylation sites (N-methyl/N-ethyl adjacent to an activating group) is 3. The topological polar surface area (TPSA) is 255 Å². The molecule has 2 aliphatic rings. The number of nitro groups is 2. The fourth-order valence-electron chi connectivity index (χ4n) is 9.67. The predicted molar refractivity (Wildman–Crippen MR) is 330 cm³/mol. The van der Waals surface area contributed by atoms with Gasteiger partial charge in [0.25, 0.3) is 21.5 Å². The first kappa shape index (κ1) is 52.0. The molecule has 440 valence electrons. The summed E-state index contributed by atoms with van der Waals surface area (Å²) in [7, 11) is 3.74. The van der Waals surface area contributed by atoms with Crippen LogP contribution in [0.4, 0.5) is 46.0 Å². The number of nitrogens with one attached hydrogen (secondary N) is 3. The Hall–Kier alpha value is -8.16. The average molecular weight is 1180 g/mol. The normalized spacial score (nSPS) is 14.2. The van der Waals surface area contributed by atoms with E-state index >= 15 is 0 Å². The van der Waals surface area contributed by atoms with Crippen molar-refractivity contribution in [2.45, 2.75) is 53.6 Å². The Morgan fingerprint density at radius 3 is 1.56 bits per heavy atom. The van der Waals surface area contributed by atoms with Crippen LogP contribution in [0.1, 0.15) is 51.2 Å². The van der Waals surface area contributed by atoms with Crippen LogP contribution in [0.2, 0.25) is 0 Å². The second-order valence-electron chi connectivity index (χ2n) is 18.5. The van der Waals surface area contributed by atoms with E-state index in [1.807, 2.05) is 18.2 Å². The molecule has 25 heteroatoms. The fourth-order valence-corrected chi connectivity index (χ4v) is 10.0. The van der Waals surface area contributed by atoms with Gasteiger partial charge in [-0.05, 0) is 76.9 Å². The van der Waals surface area contributed by atoms with E-state index in [1.54, 1.807) is 19.4 Å². The molecule has 23 nitrogen and oxygen atoms in total. The maximum atomic E-state index is 12.1. The lowest BCUT2D eigenvalue weighted by molar-refractivity contribution is -0.384. The van der Waals surface area contributed by atoms with Crippen molar-refractivity contribution in [3.05, 3.63) is 129 Å². The van der Waals surface area contributed by atoms with Crippen LogP contribution in [0.3, 0.4) is 0 Å². The SMILES string of the molecule is C.C.COc1cc(N(C)CCOS(C)(=O)=O)c([N+](=O)[O-])cc1Nc1nccc(-c2cn3c4c(cccc24)CCC3)n1.Cl.[2H]C([2H])([2H])N(CCN(C)c1cc(OC)c(Nc2nccc(-c3cn4c5c(cccc35)CCC4)n2)cc1[N+](=O)[O-])C([2H])([2H])[2H].[2H]C([2H])([2H])NC. The zero-order chi connectivity index (χ0) is 64.0. The van der Waals surface area contributed by atoms with Gasteiger partial charge in [-0.15, -0.1) is 12.4 Å². The van der Waals surface area contributed by atoms with Gasteiger partial charge in [-0.25, -0.2) is 19.9 Å². The van der Waals surface area contributed by atoms with Gasteiger partial charge in [-0.3, -0.25) is 24.4 Å². The molecule has 0 saturated carbocycles. The number of ether oxygens (including phenoxy) is 2. The summed E-state index contributed by atoms with van der Waals surface area (Å²) in [5.41, 5.74) is 8.84. The molecule has 6 heterocycles. The minimum absolute atomic E-state index is 0. The number of para-hydroxylation sites is 2. The molecule has 0 atom stereocenters. The maximum Gasteiger partial charge on any atom is 0.294 e. The van der Waals surface area contributed by atoms with Gasteiger partial charge in [0.15, 0.2) is 0 Å². The highest BCUT2D eigenvalue weighted by Crippen LogP contribution is 2.42. The van der Waals surface area contributed by atoms with Gasteiger partial charge in [0.05, 0.1) is 70.7 Å². The first-order valence-corrected chi connectivity index (χ1v) is 26.7. The van der Waals surface area contributed by atoms with E-state index in [0.717, 1.165) is 72.6 Å². The van der Waals surface area contributed by atoms with Crippen LogP contribution in [0, 0.1) is 20.2 Å². The third-order valence-corrected chi connectivity index (χ3v) is 13.8. The van der Waals surface area contributed by atoms with Gasteiger partial charge >= 0.3 is 0 Å². The number of nitro benzene ring substituents is 2. The van der Waals surface area contributed by atoms with Crippen molar-refractivity contribution in [1.29, 1.82) is 0 Å². The molecule has 0 bridgehead atoms. The minimum atomic E-state index is -3.63. The highest BCUT2D eigenvalue weighted by Gasteiger charge is 2.26. The van der Waals surface area contributed by atoms with E-state index in [4.69, 9.17) is 36.0 Å². The molecule has 0 spiro atoms. The first-order chi connectivity index (χ1) is 41.5. The number of halogens is 1. The maximum absolute atomic E-state index is 12.1. The molecule has 0 saturated heterocycles. The number of aromatic nitrogens is 6. The number of nitrogens with zero attached hydrogens (tertiary/aromatic N) is 11. The van der Waals surface area contributed by atoms with Gasteiger partial charge < -0.3 is 49.3 Å². The van der Waals surface area contributed by atoms with Crippen LogP contribution in [0.25, 0.3) is 44.3 Å². The van der Waals surface area contributed by atoms with E-state index in [-0.39, 0.29) is 99.6 Å². The summed E-state index contributed by atoms with van der Waals surface area (Å²) in [6.07, 6.45) is 12.6. The third-order valence-electron chi connectivity index (χ3n) is 13.2. The summed E-state index contributed by atoms with van der Waals surface area (Å²) in [6.45, 7) is -6.38. The molecule has 0 radical (unpaired) electrons. The van der Waals surface area contributed by atoms with E-state index in [9.17, 15) is 28.6 Å². The molecule has 2 aliphatic heterocycles. The summed E-state index contributed by atoms with van der Waals surface area (Å²) in [6, 6.07) is 21.8. The van der Waals surface area contributed by atoms with Crippen molar-refractivity contribution in [3.8, 4) is 34.0 Å². The molecular weight excluding hydrogens is 1090 g/mol. The summed E-state index contributed by atoms with van der Waals surface area (Å²) in [5.74, 6) is 1.04. The van der Waals surface area contributed by atoms with E-state index in [1.165, 1.54) is 84.5 Å².